The summed E-state index contributed by atoms with van der Waals surface area (Å²) in [5.74, 6) is 0.818. The Kier molecular flexibility index (Phi) is 4.41. The number of benzene rings is 1. The van der Waals surface area contributed by atoms with Crippen LogP contribution in [0.15, 0.2) is 53.1 Å². The second kappa shape index (κ2) is 6.86. The van der Waals surface area contributed by atoms with Crippen molar-refractivity contribution in [2.75, 3.05) is 13.1 Å². The van der Waals surface area contributed by atoms with E-state index in [2.05, 4.69) is 10.6 Å². The van der Waals surface area contributed by atoms with E-state index in [0.29, 0.717) is 26.2 Å². The van der Waals surface area contributed by atoms with E-state index in [4.69, 9.17) is 4.42 Å². The maximum absolute atomic E-state index is 12.4. The number of nitrogens with one attached hydrogen (secondary N) is 2. The molecule has 1 aromatic carbocycles. The summed E-state index contributed by atoms with van der Waals surface area (Å²) in [5, 5.41) is 5.91. The number of carbonyl (C=O) groups is 2. The predicted octanol–water partition coefficient (Wildman–Crippen LogP) is 2.52. The van der Waals surface area contributed by atoms with Crippen LogP contribution in [0.2, 0.25) is 0 Å². The number of urea groups is 1. The fourth-order valence-corrected chi connectivity index (χ4v) is 3.83. The predicted molar refractivity (Wildman–Crippen MR) is 96.0 cm³/mol. The van der Waals surface area contributed by atoms with Crippen LogP contribution in [0.25, 0.3) is 0 Å². The van der Waals surface area contributed by atoms with Gasteiger partial charge in [-0.15, -0.1) is 0 Å². The average molecular weight is 353 g/mol. The zero-order valence-corrected chi connectivity index (χ0v) is 14.6. The van der Waals surface area contributed by atoms with Crippen molar-refractivity contribution in [3.63, 3.8) is 0 Å². The molecular weight excluding hydrogens is 330 g/mol. The lowest BCUT2D eigenvalue weighted by atomic mass is 10.0. The van der Waals surface area contributed by atoms with Crippen LogP contribution >= 0.6 is 0 Å². The van der Waals surface area contributed by atoms with Crippen LogP contribution in [0.4, 0.5) is 4.79 Å². The summed E-state index contributed by atoms with van der Waals surface area (Å²) >= 11 is 0. The Labute approximate surface area is 152 Å². The summed E-state index contributed by atoms with van der Waals surface area (Å²) in [7, 11) is 0. The number of hydrogen-bond donors (Lipinski definition) is 2. The molecule has 136 valence electrons. The lowest BCUT2D eigenvalue weighted by molar-refractivity contribution is -0.123. The topological polar surface area (TPSA) is 74.6 Å². The number of furan rings is 1. The van der Waals surface area contributed by atoms with Crippen molar-refractivity contribution >= 4 is 11.9 Å². The van der Waals surface area contributed by atoms with Crippen LogP contribution < -0.4 is 10.6 Å². The van der Waals surface area contributed by atoms with Gasteiger partial charge in [0.2, 0.25) is 5.91 Å². The minimum absolute atomic E-state index is 0.00406. The molecule has 1 saturated carbocycles. The molecule has 6 heteroatoms. The summed E-state index contributed by atoms with van der Waals surface area (Å²) in [4.78, 5) is 26.6. The standard InChI is InChI=1S/C20H23N3O3/c24-18(21-13-16-7-4-10-26-16)17-11-20(17)8-9-23(14-20)19(25)22-12-15-5-2-1-3-6-15/h1-7,10,17H,8-9,11-14H2,(H,21,24)(H,22,25). The lowest BCUT2D eigenvalue weighted by Gasteiger charge is -2.17. The first-order valence-corrected chi connectivity index (χ1v) is 9.03. The van der Waals surface area contributed by atoms with E-state index < -0.39 is 0 Å². The molecule has 0 radical (unpaired) electrons. The zero-order valence-electron chi connectivity index (χ0n) is 14.6. The van der Waals surface area contributed by atoms with Crippen molar-refractivity contribution in [1.29, 1.82) is 0 Å². The first-order valence-electron chi connectivity index (χ1n) is 9.03. The molecule has 2 aromatic rings. The molecule has 1 spiro atoms. The van der Waals surface area contributed by atoms with Gasteiger partial charge in [0.25, 0.3) is 0 Å². The number of nitrogens with zero attached hydrogens (tertiary/aromatic N) is 1. The van der Waals surface area contributed by atoms with Gasteiger partial charge < -0.3 is 20.0 Å². The van der Waals surface area contributed by atoms with E-state index in [1.165, 1.54) is 0 Å². The molecule has 2 heterocycles. The van der Waals surface area contributed by atoms with Gasteiger partial charge in [0.15, 0.2) is 0 Å². The number of hydrogen-bond acceptors (Lipinski definition) is 3. The third-order valence-corrected chi connectivity index (χ3v) is 5.48. The van der Waals surface area contributed by atoms with E-state index in [1.807, 2.05) is 47.4 Å². The van der Waals surface area contributed by atoms with Gasteiger partial charge in [0.1, 0.15) is 5.76 Å². The molecule has 2 aliphatic rings. The smallest absolute Gasteiger partial charge is 0.317 e. The molecule has 0 bridgehead atoms. The number of amides is 3. The fraction of sp³-hybridized carbons (Fsp3) is 0.400. The molecule has 3 amide bonds. The summed E-state index contributed by atoms with van der Waals surface area (Å²) in [6.45, 7) is 2.31. The summed E-state index contributed by atoms with van der Waals surface area (Å²) in [6, 6.07) is 13.5. The van der Waals surface area contributed by atoms with Crippen molar-refractivity contribution < 1.29 is 14.0 Å². The highest BCUT2D eigenvalue weighted by molar-refractivity contribution is 5.83. The van der Waals surface area contributed by atoms with Gasteiger partial charge in [0, 0.05) is 31.0 Å². The minimum atomic E-state index is -0.0487. The molecule has 2 fully saturated rings. The quantitative estimate of drug-likeness (QED) is 0.867. The third kappa shape index (κ3) is 3.45. The number of carbonyl (C=O) groups excluding carboxylic acids is 2. The van der Waals surface area contributed by atoms with Crippen LogP contribution in [0.5, 0.6) is 0 Å². The maximum Gasteiger partial charge on any atom is 0.317 e. The van der Waals surface area contributed by atoms with Crippen molar-refractivity contribution in [1.82, 2.24) is 15.5 Å². The normalized spacial score (nSPS) is 23.8. The van der Waals surface area contributed by atoms with Gasteiger partial charge in [0.05, 0.1) is 12.8 Å². The van der Waals surface area contributed by atoms with Crippen molar-refractivity contribution in [2.24, 2.45) is 11.3 Å². The molecule has 1 aromatic heterocycles. The summed E-state index contributed by atoms with van der Waals surface area (Å²) in [6.07, 6.45) is 3.35. The van der Waals surface area contributed by atoms with E-state index in [-0.39, 0.29) is 23.3 Å². The van der Waals surface area contributed by atoms with Crippen molar-refractivity contribution in [3.8, 4) is 0 Å². The van der Waals surface area contributed by atoms with Gasteiger partial charge in [-0.05, 0) is 30.5 Å². The Hall–Kier alpha value is -2.76. The second-order valence-electron chi connectivity index (χ2n) is 7.23. The molecule has 2 N–H and O–H groups in total. The maximum atomic E-state index is 12.4. The van der Waals surface area contributed by atoms with Crippen LogP contribution in [0, 0.1) is 11.3 Å². The van der Waals surface area contributed by atoms with Gasteiger partial charge in [-0.2, -0.15) is 0 Å². The molecule has 1 saturated heterocycles. The molecule has 6 nitrogen and oxygen atoms in total. The highest BCUT2D eigenvalue weighted by atomic mass is 16.3. The lowest BCUT2D eigenvalue weighted by Crippen LogP contribution is -2.38. The molecule has 4 rings (SSSR count). The van der Waals surface area contributed by atoms with Crippen molar-refractivity contribution in [2.45, 2.75) is 25.9 Å². The average Bonchev–Trinajstić information content (AvgIpc) is 3.02. The van der Waals surface area contributed by atoms with Crippen LogP contribution in [0.3, 0.4) is 0 Å². The number of likely N-dealkylation sites (tertiary alicyclic amines) is 1. The SMILES string of the molecule is O=C(NCc1ccco1)C1CC12CCN(C(=O)NCc1ccccc1)C2. The summed E-state index contributed by atoms with van der Waals surface area (Å²) in [5.41, 5.74) is 1.05. The molecule has 26 heavy (non-hydrogen) atoms. The minimum Gasteiger partial charge on any atom is -0.467 e. The molecule has 1 aliphatic heterocycles. The monoisotopic (exact) mass is 353 g/mol. The van der Waals surface area contributed by atoms with E-state index in [1.54, 1.807) is 6.26 Å². The van der Waals surface area contributed by atoms with E-state index in [9.17, 15) is 9.59 Å². The van der Waals surface area contributed by atoms with Crippen LogP contribution in [-0.4, -0.2) is 29.9 Å². The second-order valence-corrected chi connectivity index (χ2v) is 7.23. The Bertz CT molecular complexity index is 775. The Morgan fingerprint density at radius 3 is 2.73 bits per heavy atom. The highest BCUT2D eigenvalue weighted by Gasteiger charge is 2.61. The molecular formula is C20H23N3O3. The molecule has 2 unspecified atom stereocenters. The van der Waals surface area contributed by atoms with E-state index in [0.717, 1.165) is 24.2 Å². The summed E-state index contributed by atoms with van der Waals surface area (Å²) < 4.78 is 5.24. The molecule has 2 atom stereocenters. The van der Waals surface area contributed by atoms with Gasteiger partial charge in [-0.1, -0.05) is 30.3 Å². The Morgan fingerprint density at radius 1 is 1.12 bits per heavy atom. The largest absolute Gasteiger partial charge is 0.467 e. The Morgan fingerprint density at radius 2 is 1.96 bits per heavy atom. The first-order chi connectivity index (χ1) is 12.7. The number of rotatable bonds is 5. The van der Waals surface area contributed by atoms with Gasteiger partial charge in [-0.3, -0.25) is 4.79 Å². The fourth-order valence-electron chi connectivity index (χ4n) is 3.83. The molecule has 1 aliphatic carbocycles. The third-order valence-electron chi connectivity index (χ3n) is 5.48. The van der Waals surface area contributed by atoms with E-state index >= 15 is 0 Å². The van der Waals surface area contributed by atoms with Gasteiger partial charge in [-0.25, -0.2) is 4.79 Å². The zero-order chi connectivity index (χ0) is 18.0. The Balaban J connectivity index is 1.24. The van der Waals surface area contributed by atoms with Crippen LogP contribution in [0.1, 0.15) is 24.2 Å². The van der Waals surface area contributed by atoms with Crippen molar-refractivity contribution in [3.05, 3.63) is 60.1 Å². The first kappa shape index (κ1) is 16.7. The van der Waals surface area contributed by atoms with Gasteiger partial charge >= 0.3 is 6.03 Å². The highest BCUT2D eigenvalue weighted by Crippen LogP contribution is 2.58. The van der Waals surface area contributed by atoms with Crippen LogP contribution in [-0.2, 0) is 17.9 Å².